The van der Waals surface area contributed by atoms with Gasteiger partial charge in [-0.1, -0.05) is 13.8 Å². The predicted molar refractivity (Wildman–Crippen MR) is 82.0 cm³/mol. The SMILES string of the molecule is CCOc1ccc(C(=O)NCC(O)(CC)CC)cc1OC. The van der Waals surface area contributed by atoms with Crippen molar-refractivity contribution in [3.05, 3.63) is 23.8 Å². The minimum Gasteiger partial charge on any atom is -0.493 e. The lowest BCUT2D eigenvalue weighted by molar-refractivity contribution is 0.0314. The first-order valence-corrected chi connectivity index (χ1v) is 7.31. The Morgan fingerprint density at radius 3 is 2.43 bits per heavy atom. The lowest BCUT2D eigenvalue weighted by Gasteiger charge is -2.25. The highest BCUT2D eigenvalue weighted by molar-refractivity contribution is 5.94. The molecule has 0 bridgehead atoms. The molecule has 0 spiro atoms. The number of methoxy groups -OCH3 is 1. The van der Waals surface area contributed by atoms with Gasteiger partial charge in [0.05, 0.1) is 19.3 Å². The molecule has 0 radical (unpaired) electrons. The third kappa shape index (κ3) is 4.63. The highest BCUT2D eigenvalue weighted by Gasteiger charge is 2.23. The van der Waals surface area contributed by atoms with E-state index in [1.165, 1.54) is 7.11 Å². The number of carbonyl (C=O) groups excluding carboxylic acids is 1. The minimum absolute atomic E-state index is 0.231. The average Bonchev–Trinajstić information content (AvgIpc) is 2.52. The van der Waals surface area contributed by atoms with Gasteiger partial charge < -0.3 is 19.9 Å². The number of nitrogens with one attached hydrogen (secondary N) is 1. The van der Waals surface area contributed by atoms with E-state index in [1.807, 2.05) is 20.8 Å². The molecule has 5 heteroatoms. The average molecular weight is 295 g/mol. The number of rotatable bonds is 8. The van der Waals surface area contributed by atoms with E-state index in [1.54, 1.807) is 18.2 Å². The lowest BCUT2D eigenvalue weighted by Crippen LogP contribution is -2.42. The fourth-order valence-electron chi connectivity index (χ4n) is 1.93. The number of hydrogen-bond acceptors (Lipinski definition) is 4. The highest BCUT2D eigenvalue weighted by Crippen LogP contribution is 2.28. The summed E-state index contributed by atoms with van der Waals surface area (Å²) in [6.07, 6.45) is 1.19. The van der Waals surface area contributed by atoms with Crippen LogP contribution in [-0.4, -0.2) is 36.9 Å². The molecular formula is C16H25NO4. The molecule has 1 aromatic rings. The Kier molecular flexibility index (Phi) is 6.49. The summed E-state index contributed by atoms with van der Waals surface area (Å²) in [6, 6.07) is 5.03. The topological polar surface area (TPSA) is 67.8 Å². The van der Waals surface area contributed by atoms with Crippen molar-refractivity contribution in [2.24, 2.45) is 0 Å². The molecule has 21 heavy (non-hydrogen) atoms. The van der Waals surface area contributed by atoms with Crippen LogP contribution in [-0.2, 0) is 0 Å². The van der Waals surface area contributed by atoms with Crippen LogP contribution in [0.4, 0.5) is 0 Å². The maximum Gasteiger partial charge on any atom is 0.251 e. The Morgan fingerprint density at radius 2 is 1.90 bits per heavy atom. The van der Waals surface area contributed by atoms with Gasteiger partial charge >= 0.3 is 0 Å². The lowest BCUT2D eigenvalue weighted by atomic mass is 9.97. The molecule has 0 saturated carbocycles. The van der Waals surface area contributed by atoms with E-state index < -0.39 is 5.60 Å². The summed E-state index contributed by atoms with van der Waals surface area (Å²) in [5.41, 5.74) is -0.379. The Balaban J connectivity index is 2.79. The molecule has 0 aliphatic heterocycles. The first-order valence-electron chi connectivity index (χ1n) is 7.31. The van der Waals surface area contributed by atoms with Gasteiger partial charge in [-0.2, -0.15) is 0 Å². The summed E-state index contributed by atoms with van der Waals surface area (Å²) in [6.45, 7) is 6.44. The summed E-state index contributed by atoms with van der Waals surface area (Å²) in [4.78, 5) is 12.1. The van der Waals surface area contributed by atoms with Crippen molar-refractivity contribution < 1.29 is 19.4 Å². The van der Waals surface area contributed by atoms with Gasteiger partial charge in [0.15, 0.2) is 11.5 Å². The van der Waals surface area contributed by atoms with Crippen molar-refractivity contribution in [1.29, 1.82) is 0 Å². The van der Waals surface area contributed by atoms with E-state index in [0.29, 0.717) is 36.5 Å². The first kappa shape index (κ1) is 17.3. The van der Waals surface area contributed by atoms with Crippen LogP contribution in [0.1, 0.15) is 44.0 Å². The van der Waals surface area contributed by atoms with Gasteiger partial charge in [-0.25, -0.2) is 0 Å². The van der Waals surface area contributed by atoms with Crippen LogP contribution < -0.4 is 14.8 Å². The monoisotopic (exact) mass is 295 g/mol. The van der Waals surface area contributed by atoms with Crippen molar-refractivity contribution in [3.63, 3.8) is 0 Å². The van der Waals surface area contributed by atoms with Gasteiger partial charge in [-0.15, -0.1) is 0 Å². The van der Waals surface area contributed by atoms with Gasteiger partial charge in [0, 0.05) is 12.1 Å². The van der Waals surface area contributed by atoms with Crippen molar-refractivity contribution in [2.45, 2.75) is 39.2 Å². The van der Waals surface area contributed by atoms with Crippen LogP contribution in [0.2, 0.25) is 0 Å². The third-order valence-electron chi connectivity index (χ3n) is 3.62. The molecule has 0 saturated heterocycles. The van der Waals surface area contributed by atoms with E-state index >= 15 is 0 Å². The zero-order chi connectivity index (χ0) is 15.9. The van der Waals surface area contributed by atoms with Crippen molar-refractivity contribution >= 4 is 5.91 Å². The standard InChI is InChI=1S/C16H25NO4/c1-5-16(19,6-2)11-17-15(18)12-8-9-13(21-7-3)14(10-12)20-4/h8-10,19H,5-7,11H2,1-4H3,(H,17,18). The molecule has 1 rings (SSSR count). The number of aliphatic hydroxyl groups is 1. The highest BCUT2D eigenvalue weighted by atomic mass is 16.5. The quantitative estimate of drug-likeness (QED) is 0.772. The molecule has 0 aromatic heterocycles. The largest absolute Gasteiger partial charge is 0.493 e. The van der Waals surface area contributed by atoms with Gasteiger partial charge in [-0.3, -0.25) is 4.79 Å². The summed E-state index contributed by atoms with van der Waals surface area (Å²) in [5.74, 6) is 0.887. The summed E-state index contributed by atoms with van der Waals surface area (Å²) < 4.78 is 10.6. The van der Waals surface area contributed by atoms with E-state index in [9.17, 15) is 9.90 Å². The second-order valence-electron chi connectivity index (χ2n) is 4.91. The molecule has 118 valence electrons. The molecule has 0 aliphatic carbocycles. The molecule has 2 N–H and O–H groups in total. The zero-order valence-corrected chi connectivity index (χ0v) is 13.2. The Bertz CT molecular complexity index is 469. The normalized spacial score (nSPS) is 11.1. The Hall–Kier alpha value is -1.75. The smallest absolute Gasteiger partial charge is 0.251 e. The summed E-state index contributed by atoms with van der Waals surface area (Å²) >= 11 is 0. The van der Waals surface area contributed by atoms with Crippen LogP contribution in [0.3, 0.4) is 0 Å². The Labute approximate surface area is 126 Å². The third-order valence-corrected chi connectivity index (χ3v) is 3.62. The van der Waals surface area contributed by atoms with E-state index in [0.717, 1.165) is 0 Å². The number of hydrogen-bond donors (Lipinski definition) is 2. The molecule has 0 unspecified atom stereocenters. The number of ether oxygens (including phenoxy) is 2. The second-order valence-corrected chi connectivity index (χ2v) is 4.91. The zero-order valence-electron chi connectivity index (χ0n) is 13.2. The molecule has 5 nitrogen and oxygen atoms in total. The predicted octanol–water partition coefficient (Wildman–Crippen LogP) is 2.37. The fraction of sp³-hybridized carbons (Fsp3) is 0.562. The molecule has 0 fully saturated rings. The summed E-state index contributed by atoms with van der Waals surface area (Å²) in [5, 5.41) is 12.9. The van der Waals surface area contributed by atoms with E-state index in [2.05, 4.69) is 5.32 Å². The Morgan fingerprint density at radius 1 is 1.24 bits per heavy atom. The van der Waals surface area contributed by atoms with Crippen molar-refractivity contribution in [1.82, 2.24) is 5.32 Å². The molecular weight excluding hydrogens is 270 g/mol. The van der Waals surface area contributed by atoms with E-state index in [-0.39, 0.29) is 12.5 Å². The maximum absolute atomic E-state index is 12.1. The van der Waals surface area contributed by atoms with Gasteiger partial charge in [0.2, 0.25) is 0 Å². The van der Waals surface area contributed by atoms with Gasteiger partial charge in [-0.05, 0) is 38.0 Å². The van der Waals surface area contributed by atoms with Gasteiger partial charge in [0.25, 0.3) is 5.91 Å². The molecule has 1 aromatic carbocycles. The van der Waals surface area contributed by atoms with Gasteiger partial charge in [0.1, 0.15) is 0 Å². The van der Waals surface area contributed by atoms with Crippen LogP contribution in [0.25, 0.3) is 0 Å². The number of amides is 1. The van der Waals surface area contributed by atoms with Crippen LogP contribution in [0.15, 0.2) is 18.2 Å². The van der Waals surface area contributed by atoms with E-state index in [4.69, 9.17) is 9.47 Å². The van der Waals surface area contributed by atoms with Crippen LogP contribution in [0.5, 0.6) is 11.5 Å². The number of benzene rings is 1. The van der Waals surface area contributed by atoms with Crippen LogP contribution >= 0.6 is 0 Å². The van der Waals surface area contributed by atoms with Crippen molar-refractivity contribution in [2.75, 3.05) is 20.3 Å². The minimum atomic E-state index is -0.856. The first-order chi connectivity index (χ1) is 9.99. The fourth-order valence-corrected chi connectivity index (χ4v) is 1.93. The molecule has 0 aliphatic rings. The molecule has 0 atom stereocenters. The van der Waals surface area contributed by atoms with Crippen LogP contribution in [0, 0.1) is 0 Å². The maximum atomic E-state index is 12.1. The molecule has 0 heterocycles. The summed E-state index contributed by atoms with van der Waals surface area (Å²) in [7, 11) is 1.53. The molecule has 1 amide bonds. The van der Waals surface area contributed by atoms with Crippen molar-refractivity contribution in [3.8, 4) is 11.5 Å². The second kappa shape index (κ2) is 7.88. The number of carbonyl (C=O) groups is 1.